The smallest absolute Gasteiger partial charge is 0.326 e. The minimum atomic E-state index is -1.06. The predicted molar refractivity (Wildman–Crippen MR) is 99.6 cm³/mol. The van der Waals surface area contributed by atoms with Gasteiger partial charge in [0, 0.05) is 31.9 Å². The molecule has 0 saturated carbocycles. The van der Waals surface area contributed by atoms with Crippen LogP contribution in [0.5, 0.6) is 0 Å². The topological polar surface area (TPSA) is 84.9 Å². The summed E-state index contributed by atoms with van der Waals surface area (Å²) in [4.78, 5) is 27.7. The Balaban J connectivity index is 2.00. The molecule has 8 heteroatoms. The number of hydrogen-bond acceptors (Lipinski definition) is 4. The largest absolute Gasteiger partial charge is 0.480 e. The number of carbonyl (C=O) groups excluding carboxylic acids is 1. The highest BCUT2D eigenvalue weighted by atomic mass is 35.5. The van der Waals surface area contributed by atoms with Crippen LogP contribution in [-0.4, -0.2) is 61.3 Å². The summed E-state index contributed by atoms with van der Waals surface area (Å²) in [5.41, 5.74) is 1.46. The van der Waals surface area contributed by atoms with Crippen LogP contribution in [0, 0.1) is 5.92 Å². The molecule has 0 radical (unpaired) electrons. The Labute approximate surface area is 152 Å². The number of amides is 2. The number of halogens is 1. The maximum atomic E-state index is 12.0. The first-order chi connectivity index (χ1) is 11.8. The second-order valence-corrected chi connectivity index (χ2v) is 7.02. The van der Waals surface area contributed by atoms with Crippen molar-refractivity contribution in [1.29, 1.82) is 0 Å². The van der Waals surface area contributed by atoms with E-state index in [0.717, 1.165) is 31.9 Å². The quantitative estimate of drug-likeness (QED) is 0.742. The van der Waals surface area contributed by atoms with Crippen LogP contribution in [0.1, 0.15) is 13.8 Å². The van der Waals surface area contributed by atoms with Gasteiger partial charge in [-0.05, 0) is 31.2 Å². The van der Waals surface area contributed by atoms with E-state index >= 15 is 0 Å². The minimum absolute atomic E-state index is 0.216. The first-order valence-electron chi connectivity index (χ1n) is 8.31. The average molecular weight is 369 g/mol. The molecule has 1 aliphatic rings. The van der Waals surface area contributed by atoms with Crippen LogP contribution in [0.15, 0.2) is 18.2 Å². The Morgan fingerprint density at radius 2 is 1.84 bits per heavy atom. The summed E-state index contributed by atoms with van der Waals surface area (Å²) >= 11 is 6.37. The van der Waals surface area contributed by atoms with Crippen LogP contribution < -0.4 is 15.5 Å². The second kappa shape index (κ2) is 8.40. The molecule has 0 spiro atoms. The van der Waals surface area contributed by atoms with E-state index in [-0.39, 0.29) is 5.92 Å². The van der Waals surface area contributed by atoms with Gasteiger partial charge in [0.05, 0.1) is 10.7 Å². The highest BCUT2D eigenvalue weighted by Gasteiger charge is 2.23. The molecule has 0 aliphatic carbocycles. The SMILES string of the molecule is CC(C)C(NC(=O)Nc1ccc(N2CCN(C)CC2)c(Cl)c1)C(=O)O. The van der Waals surface area contributed by atoms with Crippen molar-refractivity contribution in [2.75, 3.05) is 43.4 Å². The van der Waals surface area contributed by atoms with E-state index in [4.69, 9.17) is 16.7 Å². The van der Waals surface area contributed by atoms with Gasteiger partial charge in [-0.15, -0.1) is 0 Å². The number of nitrogens with zero attached hydrogens (tertiary/aromatic N) is 2. The van der Waals surface area contributed by atoms with Crippen LogP contribution in [0.2, 0.25) is 5.02 Å². The zero-order valence-electron chi connectivity index (χ0n) is 14.8. The summed E-state index contributed by atoms with van der Waals surface area (Å²) in [6, 6.07) is 3.81. The van der Waals surface area contributed by atoms with Gasteiger partial charge in [-0.2, -0.15) is 0 Å². The summed E-state index contributed by atoms with van der Waals surface area (Å²) in [5.74, 6) is -1.28. The maximum absolute atomic E-state index is 12.0. The van der Waals surface area contributed by atoms with Crippen molar-refractivity contribution in [1.82, 2.24) is 10.2 Å². The molecule has 1 aliphatic heterocycles. The third-order valence-electron chi connectivity index (χ3n) is 4.27. The Kier molecular flexibility index (Phi) is 6.50. The zero-order chi connectivity index (χ0) is 18.6. The normalized spacial score (nSPS) is 16.6. The average Bonchev–Trinajstić information content (AvgIpc) is 2.53. The van der Waals surface area contributed by atoms with Crippen molar-refractivity contribution in [2.45, 2.75) is 19.9 Å². The molecule has 2 rings (SSSR count). The summed E-state index contributed by atoms with van der Waals surface area (Å²) in [5, 5.41) is 14.8. The van der Waals surface area contributed by atoms with E-state index in [1.165, 1.54) is 0 Å². The first kappa shape index (κ1) is 19.3. The zero-order valence-corrected chi connectivity index (χ0v) is 15.5. The van der Waals surface area contributed by atoms with Gasteiger partial charge >= 0.3 is 12.0 Å². The molecule has 1 heterocycles. The van der Waals surface area contributed by atoms with E-state index < -0.39 is 18.0 Å². The van der Waals surface area contributed by atoms with Crippen LogP contribution in [0.4, 0.5) is 16.2 Å². The Hall–Kier alpha value is -1.99. The number of piperazine rings is 1. The predicted octanol–water partition coefficient (Wildman–Crippen LogP) is 2.32. The van der Waals surface area contributed by atoms with Crippen molar-refractivity contribution in [3.63, 3.8) is 0 Å². The monoisotopic (exact) mass is 368 g/mol. The Morgan fingerprint density at radius 1 is 1.20 bits per heavy atom. The Bertz CT molecular complexity index is 630. The van der Waals surface area contributed by atoms with E-state index in [2.05, 4.69) is 27.5 Å². The second-order valence-electron chi connectivity index (χ2n) is 6.61. The van der Waals surface area contributed by atoms with E-state index in [0.29, 0.717) is 10.7 Å². The van der Waals surface area contributed by atoms with Gasteiger partial charge in [-0.25, -0.2) is 9.59 Å². The molecule has 7 nitrogen and oxygen atoms in total. The number of urea groups is 1. The van der Waals surface area contributed by atoms with Gasteiger partial charge < -0.3 is 25.5 Å². The summed E-state index contributed by atoms with van der Waals surface area (Å²) in [6.07, 6.45) is 0. The number of carboxylic acid groups (broad SMARTS) is 1. The number of aliphatic carboxylic acids is 1. The van der Waals surface area contributed by atoms with Crippen LogP contribution in [-0.2, 0) is 4.79 Å². The lowest BCUT2D eigenvalue weighted by Gasteiger charge is -2.34. The van der Waals surface area contributed by atoms with Crippen molar-refractivity contribution in [2.24, 2.45) is 5.92 Å². The highest BCUT2D eigenvalue weighted by Crippen LogP contribution is 2.29. The fourth-order valence-electron chi connectivity index (χ4n) is 2.71. The number of anilines is 2. The molecule has 1 aromatic carbocycles. The van der Waals surface area contributed by atoms with Crippen molar-refractivity contribution in [3.05, 3.63) is 23.2 Å². The lowest BCUT2D eigenvalue weighted by atomic mass is 10.1. The number of carbonyl (C=O) groups is 2. The van der Waals surface area contributed by atoms with Crippen molar-refractivity contribution < 1.29 is 14.7 Å². The molecule has 1 saturated heterocycles. The molecule has 2 amide bonds. The highest BCUT2D eigenvalue weighted by molar-refractivity contribution is 6.33. The molecule has 1 unspecified atom stereocenters. The molecule has 0 aromatic heterocycles. The summed E-state index contributed by atoms with van der Waals surface area (Å²) < 4.78 is 0. The van der Waals surface area contributed by atoms with Gasteiger partial charge in [0.1, 0.15) is 6.04 Å². The van der Waals surface area contributed by atoms with E-state index in [1.54, 1.807) is 26.0 Å². The lowest BCUT2D eigenvalue weighted by molar-refractivity contribution is -0.140. The minimum Gasteiger partial charge on any atom is -0.480 e. The van der Waals surface area contributed by atoms with Gasteiger partial charge in [0.25, 0.3) is 0 Å². The molecular weight excluding hydrogens is 344 g/mol. The van der Waals surface area contributed by atoms with Gasteiger partial charge in [-0.3, -0.25) is 0 Å². The molecule has 3 N–H and O–H groups in total. The molecule has 0 bridgehead atoms. The number of nitrogens with one attached hydrogen (secondary N) is 2. The number of hydrogen-bond donors (Lipinski definition) is 3. The molecule has 138 valence electrons. The number of benzene rings is 1. The molecule has 1 fully saturated rings. The van der Waals surface area contributed by atoms with E-state index in [9.17, 15) is 9.59 Å². The molecule has 1 aromatic rings. The Morgan fingerprint density at radius 3 is 2.36 bits per heavy atom. The third-order valence-corrected chi connectivity index (χ3v) is 4.57. The standard InChI is InChI=1S/C17H25ClN4O3/c1-11(2)15(16(23)24)20-17(25)19-12-4-5-14(13(18)10-12)22-8-6-21(3)7-9-22/h4-5,10-11,15H,6-9H2,1-3H3,(H,23,24)(H2,19,20,25). The van der Waals surface area contributed by atoms with Crippen molar-refractivity contribution in [3.8, 4) is 0 Å². The number of carboxylic acids is 1. The maximum Gasteiger partial charge on any atom is 0.326 e. The third kappa shape index (κ3) is 5.24. The summed E-state index contributed by atoms with van der Waals surface area (Å²) in [6.45, 7) is 7.23. The van der Waals surface area contributed by atoms with Crippen LogP contribution >= 0.6 is 11.6 Å². The fourth-order valence-corrected chi connectivity index (χ4v) is 3.01. The van der Waals surface area contributed by atoms with Crippen LogP contribution in [0.3, 0.4) is 0 Å². The summed E-state index contributed by atoms with van der Waals surface area (Å²) in [7, 11) is 2.09. The van der Waals surface area contributed by atoms with Gasteiger partial charge in [0.2, 0.25) is 0 Å². The first-order valence-corrected chi connectivity index (χ1v) is 8.69. The number of rotatable bonds is 5. The fraction of sp³-hybridized carbons (Fsp3) is 0.529. The molecule has 1 atom stereocenters. The van der Waals surface area contributed by atoms with Gasteiger partial charge in [-0.1, -0.05) is 25.4 Å². The number of likely N-dealkylation sites (N-methyl/N-ethyl adjacent to an activating group) is 1. The van der Waals surface area contributed by atoms with Crippen LogP contribution in [0.25, 0.3) is 0 Å². The molecule has 25 heavy (non-hydrogen) atoms. The molecular formula is C17H25ClN4O3. The van der Waals surface area contributed by atoms with E-state index in [1.807, 2.05) is 6.07 Å². The van der Waals surface area contributed by atoms with Gasteiger partial charge in [0.15, 0.2) is 0 Å². The lowest BCUT2D eigenvalue weighted by Crippen LogP contribution is -2.46. The van der Waals surface area contributed by atoms with Crippen molar-refractivity contribution >= 4 is 35.0 Å².